The first-order valence-electron chi connectivity index (χ1n) is 7.32. The molecule has 2 nitrogen and oxygen atoms in total. The van der Waals surface area contributed by atoms with Crippen molar-refractivity contribution >= 4 is 5.69 Å². The zero-order chi connectivity index (χ0) is 12.4. The van der Waals surface area contributed by atoms with Crippen LogP contribution in [-0.2, 0) is 13.0 Å². The van der Waals surface area contributed by atoms with Crippen molar-refractivity contribution in [1.29, 1.82) is 0 Å². The summed E-state index contributed by atoms with van der Waals surface area (Å²) in [6.45, 7) is 5.72. The van der Waals surface area contributed by atoms with E-state index in [0.717, 1.165) is 13.1 Å². The second-order valence-corrected chi connectivity index (χ2v) is 6.29. The van der Waals surface area contributed by atoms with Crippen molar-refractivity contribution in [3.05, 3.63) is 29.3 Å². The number of nitrogens with one attached hydrogen (secondary N) is 2. The first-order valence-corrected chi connectivity index (χ1v) is 7.32. The number of hydrogen-bond acceptors (Lipinski definition) is 2. The van der Waals surface area contributed by atoms with Crippen molar-refractivity contribution in [3.8, 4) is 0 Å². The molecule has 0 radical (unpaired) electrons. The Kier molecular flexibility index (Phi) is 3.29. The van der Waals surface area contributed by atoms with Gasteiger partial charge in [0.25, 0.3) is 0 Å². The summed E-state index contributed by atoms with van der Waals surface area (Å²) in [4.78, 5) is 0. The van der Waals surface area contributed by atoms with Crippen LogP contribution < -0.4 is 10.6 Å². The molecule has 1 aromatic rings. The monoisotopic (exact) mass is 244 g/mol. The fraction of sp³-hybridized carbons (Fsp3) is 0.625. The number of hydrogen-bond donors (Lipinski definition) is 2. The van der Waals surface area contributed by atoms with Crippen LogP contribution in [0.15, 0.2) is 18.2 Å². The van der Waals surface area contributed by atoms with Crippen LogP contribution in [0.5, 0.6) is 0 Å². The van der Waals surface area contributed by atoms with E-state index in [9.17, 15) is 0 Å². The summed E-state index contributed by atoms with van der Waals surface area (Å²) in [5.74, 6) is 0. The molecule has 98 valence electrons. The Morgan fingerprint density at radius 3 is 2.94 bits per heavy atom. The first-order chi connectivity index (χ1) is 8.75. The molecule has 0 saturated heterocycles. The van der Waals surface area contributed by atoms with Crippen LogP contribution in [0.2, 0.25) is 0 Å². The summed E-state index contributed by atoms with van der Waals surface area (Å²) < 4.78 is 0. The van der Waals surface area contributed by atoms with Gasteiger partial charge in [-0.15, -0.1) is 0 Å². The molecule has 1 aliphatic carbocycles. The van der Waals surface area contributed by atoms with Gasteiger partial charge in [-0.2, -0.15) is 0 Å². The van der Waals surface area contributed by atoms with Gasteiger partial charge in [-0.25, -0.2) is 0 Å². The molecule has 1 heterocycles. The second-order valence-electron chi connectivity index (χ2n) is 6.29. The number of benzene rings is 1. The van der Waals surface area contributed by atoms with E-state index in [1.807, 2.05) is 0 Å². The lowest BCUT2D eigenvalue weighted by Gasteiger charge is -2.38. The zero-order valence-electron chi connectivity index (χ0n) is 11.4. The summed E-state index contributed by atoms with van der Waals surface area (Å²) in [6, 6.07) is 6.88. The normalized spacial score (nSPS) is 20.7. The van der Waals surface area contributed by atoms with Crippen molar-refractivity contribution in [2.75, 3.05) is 18.4 Å². The summed E-state index contributed by atoms with van der Waals surface area (Å²) in [5.41, 5.74) is 4.85. The molecule has 0 unspecified atom stereocenters. The van der Waals surface area contributed by atoms with E-state index in [2.05, 4.69) is 35.8 Å². The Bertz CT molecular complexity index is 421. The fourth-order valence-electron chi connectivity index (χ4n) is 3.10. The van der Waals surface area contributed by atoms with Crippen LogP contribution in [0, 0.1) is 5.41 Å². The molecular weight excluding hydrogens is 220 g/mol. The quantitative estimate of drug-likeness (QED) is 0.849. The van der Waals surface area contributed by atoms with E-state index >= 15 is 0 Å². The predicted octanol–water partition coefficient (Wildman–Crippen LogP) is 3.32. The summed E-state index contributed by atoms with van der Waals surface area (Å²) >= 11 is 0. The van der Waals surface area contributed by atoms with Gasteiger partial charge >= 0.3 is 0 Å². The van der Waals surface area contributed by atoms with Gasteiger partial charge < -0.3 is 10.6 Å². The number of fused-ring (bicyclic) bond motifs is 1. The topological polar surface area (TPSA) is 24.1 Å². The lowest BCUT2D eigenvalue weighted by molar-refractivity contribution is 0.156. The van der Waals surface area contributed by atoms with Gasteiger partial charge in [-0.05, 0) is 48.3 Å². The minimum Gasteiger partial charge on any atom is -0.385 e. The van der Waals surface area contributed by atoms with Gasteiger partial charge in [-0.1, -0.05) is 25.5 Å². The molecule has 0 aromatic heterocycles. The van der Waals surface area contributed by atoms with Gasteiger partial charge in [-0.3, -0.25) is 0 Å². The summed E-state index contributed by atoms with van der Waals surface area (Å²) in [7, 11) is 0. The third-order valence-corrected chi connectivity index (χ3v) is 4.55. The highest BCUT2D eigenvalue weighted by Gasteiger charge is 2.30. The van der Waals surface area contributed by atoms with Crippen molar-refractivity contribution in [2.24, 2.45) is 5.41 Å². The van der Waals surface area contributed by atoms with Crippen molar-refractivity contribution in [3.63, 3.8) is 0 Å². The van der Waals surface area contributed by atoms with Crippen LogP contribution in [0.3, 0.4) is 0 Å². The molecule has 0 spiro atoms. The Labute approximate surface area is 110 Å². The third kappa shape index (κ3) is 2.54. The van der Waals surface area contributed by atoms with Crippen molar-refractivity contribution < 1.29 is 0 Å². The Hall–Kier alpha value is -1.02. The standard InChI is InChI=1S/C16H24N2/c1-16(7-3-8-16)12-17-11-13-5-6-15-14(10-13)4-2-9-18-15/h5-6,10,17-18H,2-4,7-9,11-12H2,1H3. The highest BCUT2D eigenvalue weighted by Crippen LogP contribution is 2.39. The molecule has 0 bridgehead atoms. The van der Waals surface area contributed by atoms with E-state index in [0.29, 0.717) is 5.41 Å². The van der Waals surface area contributed by atoms with Crippen LogP contribution in [-0.4, -0.2) is 13.1 Å². The molecule has 0 atom stereocenters. The van der Waals surface area contributed by atoms with Gasteiger partial charge in [0.15, 0.2) is 0 Å². The number of aryl methyl sites for hydroxylation is 1. The van der Waals surface area contributed by atoms with Gasteiger partial charge in [0.05, 0.1) is 0 Å². The highest BCUT2D eigenvalue weighted by atomic mass is 14.9. The van der Waals surface area contributed by atoms with E-state index in [1.165, 1.54) is 55.5 Å². The first kappa shape index (κ1) is 12.0. The number of rotatable bonds is 4. The molecule has 0 amide bonds. The molecule has 1 aliphatic heterocycles. The summed E-state index contributed by atoms with van der Waals surface area (Å²) in [6.07, 6.45) is 6.71. The molecule has 1 saturated carbocycles. The average molecular weight is 244 g/mol. The Balaban J connectivity index is 1.56. The Morgan fingerprint density at radius 1 is 1.28 bits per heavy atom. The fourth-order valence-corrected chi connectivity index (χ4v) is 3.10. The molecule has 2 N–H and O–H groups in total. The minimum absolute atomic E-state index is 0.579. The molecule has 2 aliphatic rings. The molecule has 1 aromatic carbocycles. The molecule has 3 rings (SSSR count). The molecule has 1 fully saturated rings. The molecule has 2 heteroatoms. The largest absolute Gasteiger partial charge is 0.385 e. The summed E-state index contributed by atoms with van der Waals surface area (Å²) in [5, 5.41) is 7.10. The smallest absolute Gasteiger partial charge is 0.0372 e. The highest BCUT2D eigenvalue weighted by molar-refractivity contribution is 5.54. The third-order valence-electron chi connectivity index (χ3n) is 4.55. The lowest BCUT2D eigenvalue weighted by atomic mass is 9.70. The maximum atomic E-state index is 3.63. The van der Waals surface area contributed by atoms with Crippen LogP contribution in [0.1, 0.15) is 43.7 Å². The maximum absolute atomic E-state index is 3.63. The Morgan fingerprint density at radius 2 is 2.17 bits per heavy atom. The van der Waals surface area contributed by atoms with Crippen molar-refractivity contribution in [2.45, 2.75) is 45.6 Å². The van der Waals surface area contributed by atoms with Gasteiger partial charge in [0.1, 0.15) is 0 Å². The lowest BCUT2D eigenvalue weighted by Crippen LogP contribution is -2.37. The maximum Gasteiger partial charge on any atom is 0.0372 e. The van der Waals surface area contributed by atoms with E-state index in [4.69, 9.17) is 0 Å². The molecule has 18 heavy (non-hydrogen) atoms. The molecular formula is C16H24N2. The zero-order valence-corrected chi connectivity index (χ0v) is 11.4. The van der Waals surface area contributed by atoms with Crippen molar-refractivity contribution in [1.82, 2.24) is 5.32 Å². The van der Waals surface area contributed by atoms with Crippen LogP contribution in [0.25, 0.3) is 0 Å². The van der Waals surface area contributed by atoms with E-state index in [-0.39, 0.29) is 0 Å². The predicted molar refractivity (Wildman–Crippen MR) is 76.9 cm³/mol. The van der Waals surface area contributed by atoms with E-state index in [1.54, 1.807) is 0 Å². The van der Waals surface area contributed by atoms with Crippen LogP contribution in [0.4, 0.5) is 5.69 Å². The minimum atomic E-state index is 0.579. The van der Waals surface area contributed by atoms with Gasteiger partial charge in [0, 0.05) is 25.3 Å². The van der Waals surface area contributed by atoms with Crippen LogP contribution >= 0.6 is 0 Å². The second kappa shape index (κ2) is 4.93. The number of anilines is 1. The average Bonchev–Trinajstić information content (AvgIpc) is 2.37. The van der Waals surface area contributed by atoms with Gasteiger partial charge in [0.2, 0.25) is 0 Å². The SMILES string of the molecule is CC1(CNCc2ccc3c(c2)CCCN3)CCC1. The van der Waals surface area contributed by atoms with E-state index < -0.39 is 0 Å².